The molecule has 1 atom stereocenters. The number of anilines is 1. The van der Waals surface area contributed by atoms with Crippen LogP contribution >= 0.6 is 0 Å². The molecule has 0 spiro atoms. The summed E-state index contributed by atoms with van der Waals surface area (Å²) in [6.07, 6.45) is -0.884. The van der Waals surface area contributed by atoms with Crippen LogP contribution in [0, 0.1) is 0 Å². The molecule has 0 aliphatic carbocycles. The molecule has 1 aliphatic rings. The first kappa shape index (κ1) is 20.3. The number of fused-ring (bicyclic) bond motifs is 1. The number of carbonyl (C=O) groups is 2. The van der Waals surface area contributed by atoms with E-state index in [2.05, 4.69) is 5.32 Å². The molecule has 1 unspecified atom stereocenters. The zero-order valence-corrected chi connectivity index (χ0v) is 17.1. The molecule has 3 aromatic rings. The lowest BCUT2D eigenvalue weighted by Crippen LogP contribution is -2.21. The maximum Gasteiger partial charge on any atom is 0.417 e. The highest BCUT2D eigenvalue weighted by Crippen LogP contribution is 2.42. The first-order valence-corrected chi connectivity index (χ1v) is 9.67. The Morgan fingerprint density at radius 3 is 2.39 bits per heavy atom. The van der Waals surface area contributed by atoms with E-state index in [1.165, 1.54) is 14.2 Å². The summed E-state index contributed by atoms with van der Waals surface area (Å²) in [6.45, 7) is 0. The molecule has 0 aromatic heterocycles. The van der Waals surface area contributed by atoms with Crippen LogP contribution in [0.3, 0.4) is 0 Å². The molecule has 1 amide bonds. The van der Waals surface area contributed by atoms with Crippen molar-refractivity contribution in [2.75, 3.05) is 19.5 Å². The van der Waals surface area contributed by atoms with Crippen LogP contribution in [0.5, 0.6) is 23.0 Å². The predicted octanol–water partition coefficient (Wildman–Crippen LogP) is 5.02. The molecule has 4 rings (SSSR count). The molecule has 3 aromatic carbocycles. The van der Waals surface area contributed by atoms with E-state index >= 15 is 0 Å². The molecule has 1 aliphatic heterocycles. The van der Waals surface area contributed by atoms with Crippen molar-refractivity contribution in [2.24, 2.45) is 0 Å². The molecule has 0 radical (unpaired) electrons. The van der Waals surface area contributed by atoms with E-state index in [0.717, 1.165) is 5.56 Å². The molecule has 0 saturated carbocycles. The molecule has 158 valence electrons. The van der Waals surface area contributed by atoms with Gasteiger partial charge in [-0.15, -0.1) is 0 Å². The van der Waals surface area contributed by atoms with Crippen molar-refractivity contribution < 1.29 is 28.5 Å². The number of carbonyl (C=O) groups excluding carboxylic acids is 2. The van der Waals surface area contributed by atoms with Gasteiger partial charge >= 0.3 is 6.09 Å². The lowest BCUT2D eigenvalue weighted by atomic mass is 9.95. The standard InChI is InChI=1S/C24H21NO6/c1-28-18-12-21(29-2)23-19(26)14-20(31-22(23)13-18)15-8-10-17(11-9-15)30-24(27)25-16-6-4-3-5-7-16/h3-13,20H,14H2,1-2H3,(H,25,27). The zero-order chi connectivity index (χ0) is 21.8. The Bertz CT molecular complexity index is 1100. The zero-order valence-electron chi connectivity index (χ0n) is 17.1. The van der Waals surface area contributed by atoms with Gasteiger partial charge in [0.05, 0.1) is 20.6 Å². The van der Waals surface area contributed by atoms with Crippen molar-refractivity contribution in [1.29, 1.82) is 0 Å². The lowest BCUT2D eigenvalue weighted by Gasteiger charge is -2.27. The fourth-order valence-corrected chi connectivity index (χ4v) is 3.39. The summed E-state index contributed by atoms with van der Waals surface area (Å²) in [5.41, 5.74) is 1.84. The Balaban J connectivity index is 1.47. The van der Waals surface area contributed by atoms with Gasteiger partial charge in [-0.3, -0.25) is 10.1 Å². The Kier molecular flexibility index (Phi) is 5.75. The Morgan fingerprint density at radius 2 is 1.71 bits per heavy atom. The fourth-order valence-electron chi connectivity index (χ4n) is 3.39. The number of amides is 1. The van der Waals surface area contributed by atoms with Gasteiger partial charge in [-0.05, 0) is 29.8 Å². The maximum absolute atomic E-state index is 12.8. The first-order valence-electron chi connectivity index (χ1n) is 9.67. The molecule has 1 heterocycles. The quantitative estimate of drug-likeness (QED) is 0.625. The number of ether oxygens (including phenoxy) is 4. The first-order chi connectivity index (χ1) is 15.1. The minimum atomic E-state index is -0.587. The third kappa shape index (κ3) is 4.45. The van der Waals surface area contributed by atoms with Crippen LogP contribution in [0.2, 0.25) is 0 Å². The number of hydrogen-bond donors (Lipinski definition) is 1. The van der Waals surface area contributed by atoms with Crippen molar-refractivity contribution in [3.8, 4) is 23.0 Å². The van der Waals surface area contributed by atoms with Crippen LogP contribution in [0.4, 0.5) is 10.5 Å². The SMILES string of the molecule is COc1cc(OC)c2c(c1)OC(c1ccc(OC(=O)Nc3ccccc3)cc1)CC2=O. The van der Waals surface area contributed by atoms with E-state index in [0.29, 0.717) is 34.2 Å². The van der Waals surface area contributed by atoms with E-state index < -0.39 is 12.2 Å². The monoisotopic (exact) mass is 419 g/mol. The van der Waals surface area contributed by atoms with Gasteiger partial charge in [-0.2, -0.15) is 0 Å². The Labute approximate surface area is 179 Å². The van der Waals surface area contributed by atoms with Crippen LogP contribution in [0.15, 0.2) is 66.7 Å². The van der Waals surface area contributed by atoms with Gasteiger partial charge in [0.2, 0.25) is 0 Å². The van der Waals surface area contributed by atoms with Gasteiger partial charge in [0.25, 0.3) is 0 Å². The van der Waals surface area contributed by atoms with Crippen molar-refractivity contribution in [3.63, 3.8) is 0 Å². The number of ketones is 1. The highest BCUT2D eigenvalue weighted by molar-refractivity contribution is 6.02. The highest BCUT2D eigenvalue weighted by Gasteiger charge is 2.31. The Morgan fingerprint density at radius 1 is 0.968 bits per heavy atom. The van der Waals surface area contributed by atoms with Gasteiger partial charge in [0.15, 0.2) is 5.78 Å². The van der Waals surface area contributed by atoms with Gasteiger partial charge in [0.1, 0.15) is 34.7 Å². The number of benzene rings is 3. The summed E-state index contributed by atoms with van der Waals surface area (Å²) in [7, 11) is 3.04. The van der Waals surface area contributed by atoms with E-state index in [9.17, 15) is 9.59 Å². The third-order valence-electron chi connectivity index (χ3n) is 4.90. The summed E-state index contributed by atoms with van der Waals surface area (Å²) >= 11 is 0. The predicted molar refractivity (Wildman–Crippen MR) is 114 cm³/mol. The number of Topliss-reactive ketones (excluding diaryl/α,β-unsaturated/α-hetero) is 1. The average molecular weight is 419 g/mol. The van der Waals surface area contributed by atoms with Crippen molar-refractivity contribution in [1.82, 2.24) is 0 Å². The Hall–Kier alpha value is -4.00. The maximum atomic E-state index is 12.8. The van der Waals surface area contributed by atoms with E-state index in [-0.39, 0.29) is 12.2 Å². The highest BCUT2D eigenvalue weighted by atomic mass is 16.6. The van der Waals surface area contributed by atoms with Gasteiger partial charge < -0.3 is 18.9 Å². The number of hydrogen-bond acceptors (Lipinski definition) is 6. The second-order valence-electron chi connectivity index (χ2n) is 6.89. The second-order valence-corrected chi connectivity index (χ2v) is 6.89. The van der Waals surface area contributed by atoms with Crippen LogP contribution < -0.4 is 24.3 Å². The summed E-state index contributed by atoms with van der Waals surface area (Å²) in [6, 6.07) is 19.2. The largest absolute Gasteiger partial charge is 0.496 e. The molecule has 7 heteroatoms. The number of nitrogens with one attached hydrogen (secondary N) is 1. The third-order valence-corrected chi connectivity index (χ3v) is 4.90. The minimum absolute atomic E-state index is 0.0756. The second kappa shape index (κ2) is 8.79. The van der Waals surface area contributed by atoms with E-state index in [4.69, 9.17) is 18.9 Å². The van der Waals surface area contributed by atoms with Crippen LogP contribution in [-0.2, 0) is 0 Å². The summed E-state index contributed by atoms with van der Waals surface area (Å²) in [4.78, 5) is 24.8. The average Bonchev–Trinajstić information content (AvgIpc) is 2.79. The fraction of sp³-hybridized carbons (Fsp3) is 0.167. The summed E-state index contributed by atoms with van der Waals surface area (Å²) in [5.74, 6) is 1.68. The van der Waals surface area contributed by atoms with Gasteiger partial charge in [-0.1, -0.05) is 30.3 Å². The molecule has 0 fully saturated rings. The lowest BCUT2D eigenvalue weighted by molar-refractivity contribution is 0.0844. The number of para-hydroxylation sites is 1. The molecule has 31 heavy (non-hydrogen) atoms. The summed E-state index contributed by atoms with van der Waals surface area (Å²) in [5, 5.41) is 2.65. The molecule has 0 bridgehead atoms. The van der Waals surface area contributed by atoms with Crippen LogP contribution in [0.1, 0.15) is 28.4 Å². The normalized spacial score (nSPS) is 14.8. The van der Waals surface area contributed by atoms with Gasteiger partial charge in [-0.25, -0.2) is 4.79 Å². The van der Waals surface area contributed by atoms with Crippen molar-refractivity contribution >= 4 is 17.6 Å². The number of rotatable bonds is 5. The van der Waals surface area contributed by atoms with Crippen LogP contribution in [-0.4, -0.2) is 26.1 Å². The van der Waals surface area contributed by atoms with Crippen molar-refractivity contribution in [3.05, 3.63) is 77.9 Å². The van der Waals surface area contributed by atoms with E-state index in [1.54, 1.807) is 48.5 Å². The summed E-state index contributed by atoms with van der Waals surface area (Å²) < 4.78 is 22.0. The molecule has 7 nitrogen and oxygen atoms in total. The number of methoxy groups -OCH3 is 2. The molecular formula is C24H21NO6. The molecular weight excluding hydrogens is 398 g/mol. The molecule has 0 saturated heterocycles. The topological polar surface area (TPSA) is 83.1 Å². The van der Waals surface area contributed by atoms with E-state index in [1.807, 2.05) is 18.2 Å². The van der Waals surface area contributed by atoms with Crippen LogP contribution in [0.25, 0.3) is 0 Å². The van der Waals surface area contributed by atoms with Crippen molar-refractivity contribution in [2.45, 2.75) is 12.5 Å². The minimum Gasteiger partial charge on any atom is -0.496 e. The smallest absolute Gasteiger partial charge is 0.417 e. The molecule has 1 N–H and O–H groups in total. The van der Waals surface area contributed by atoms with Gasteiger partial charge in [0, 0.05) is 17.8 Å².